The number of hydrogen-bond acceptors (Lipinski definition) is 7. The van der Waals surface area contributed by atoms with Gasteiger partial charge in [0, 0.05) is 18.5 Å². The Morgan fingerprint density at radius 3 is 2.68 bits per heavy atom. The zero-order valence-electron chi connectivity index (χ0n) is 14.5. The van der Waals surface area contributed by atoms with Gasteiger partial charge in [0.2, 0.25) is 12.7 Å². The zero-order chi connectivity index (χ0) is 19.7. The first-order valence-electron chi connectivity index (χ1n) is 8.09. The van der Waals surface area contributed by atoms with Crippen LogP contribution in [0, 0.1) is 0 Å². The lowest BCUT2D eigenvalue weighted by Gasteiger charge is -2.21. The summed E-state index contributed by atoms with van der Waals surface area (Å²) in [6.07, 6.45) is 0.167. The van der Waals surface area contributed by atoms with E-state index in [0.29, 0.717) is 28.4 Å². The van der Waals surface area contributed by atoms with Gasteiger partial charge < -0.3 is 13.9 Å². The van der Waals surface area contributed by atoms with Crippen molar-refractivity contribution >= 4 is 16.7 Å². The molecule has 8 nitrogen and oxygen atoms in total. The number of nitrogens with zero attached hydrogens (tertiary/aromatic N) is 4. The number of anilines is 1. The molecule has 1 atom stereocenters. The molecule has 0 bridgehead atoms. The fourth-order valence-electron chi connectivity index (χ4n) is 2.60. The molecule has 0 fully saturated rings. The van der Waals surface area contributed by atoms with Crippen molar-refractivity contribution in [3.8, 4) is 23.0 Å². The quantitative estimate of drug-likeness (QED) is 0.619. The minimum Gasteiger partial charge on any atom is -0.454 e. The van der Waals surface area contributed by atoms with Gasteiger partial charge in [-0.2, -0.15) is 8.78 Å². The first-order chi connectivity index (χ1) is 13.5. The summed E-state index contributed by atoms with van der Waals surface area (Å²) in [7, 11) is -1.32. The molecule has 1 unspecified atom stereocenters. The maximum atomic E-state index is 12.6. The summed E-state index contributed by atoms with van der Waals surface area (Å²) in [5, 5.41) is 6.88. The number of benzene rings is 1. The van der Waals surface area contributed by atoms with Crippen LogP contribution in [-0.4, -0.2) is 32.4 Å². The number of hydrogen-bond donors (Lipinski definition) is 0. The molecule has 3 heterocycles. The lowest BCUT2D eigenvalue weighted by molar-refractivity contribution is 0.116. The number of rotatable bonds is 6. The van der Waals surface area contributed by atoms with E-state index in [0.717, 1.165) is 0 Å². The molecular formula is C17H14F2N4O4S. The highest BCUT2D eigenvalue weighted by atomic mass is 32.2. The van der Waals surface area contributed by atoms with E-state index in [4.69, 9.17) is 13.9 Å². The second-order valence-corrected chi connectivity index (χ2v) is 7.07. The number of pyridine rings is 1. The molecule has 11 heteroatoms. The van der Waals surface area contributed by atoms with Gasteiger partial charge >= 0.3 is 6.43 Å². The van der Waals surface area contributed by atoms with Gasteiger partial charge in [-0.15, -0.1) is 10.2 Å². The van der Waals surface area contributed by atoms with Gasteiger partial charge in [-0.1, -0.05) is 0 Å². The molecule has 28 heavy (non-hydrogen) atoms. The van der Waals surface area contributed by atoms with Crippen LogP contribution in [0.25, 0.3) is 11.5 Å². The zero-order valence-corrected chi connectivity index (χ0v) is 15.4. The SMILES string of the molecule is CS(=O)N(Cc1ccc(-c2nnc(C(F)F)o2)cn1)c1ccc2c(c1)OCO2. The normalized spacial score (nSPS) is 13.7. The highest BCUT2D eigenvalue weighted by molar-refractivity contribution is 7.85. The van der Waals surface area contributed by atoms with E-state index >= 15 is 0 Å². The molecule has 0 saturated heterocycles. The second kappa shape index (κ2) is 7.50. The molecule has 0 N–H and O–H groups in total. The van der Waals surface area contributed by atoms with Crippen molar-refractivity contribution in [1.82, 2.24) is 15.2 Å². The average molecular weight is 408 g/mol. The van der Waals surface area contributed by atoms with E-state index in [9.17, 15) is 13.0 Å². The van der Waals surface area contributed by atoms with E-state index in [1.54, 1.807) is 40.9 Å². The Bertz CT molecular complexity index is 1010. The summed E-state index contributed by atoms with van der Waals surface area (Å²) >= 11 is 0. The molecule has 0 radical (unpaired) electrons. The predicted octanol–water partition coefficient (Wildman–Crippen LogP) is 3.10. The average Bonchev–Trinajstić information content (AvgIpc) is 3.35. The van der Waals surface area contributed by atoms with Gasteiger partial charge in [0.15, 0.2) is 11.5 Å². The topological polar surface area (TPSA) is 90.6 Å². The van der Waals surface area contributed by atoms with Crippen molar-refractivity contribution in [2.24, 2.45) is 0 Å². The summed E-state index contributed by atoms with van der Waals surface area (Å²) in [6, 6.07) is 8.59. The summed E-state index contributed by atoms with van der Waals surface area (Å²) < 4.78 is 54.6. The van der Waals surface area contributed by atoms with Crippen LogP contribution in [0.3, 0.4) is 0 Å². The summed E-state index contributed by atoms with van der Waals surface area (Å²) in [6.45, 7) is 0.412. The van der Waals surface area contributed by atoms with Crippen LogP contribution < -0.4 is 13.8 Å². The third-order valence-electron chi connectivity index (χ3n) is 3.96. The first kappa shape index (κ1) is 18.3. The largest absolute Gasteiger partial charge is 0.454 e. The molecule has 1 aliphatic heterocycles. The van der Waals surface area contributed by atoms with Crippen molar-refractivity contribution in [2.75, 3.05) is 17.4 Å². The van der Waals surface area contributed by atoms with Crippen LogP contribution >= 0.6 is 0 Å². The van der Waals surface area contributed by atoms with Crippen LogP contribution in [0.5, 0.6) is 11.5 Å². The minimum atomic E-state index is -2.83. The fraction of sp³-hybridized carbons (Fsp3) is 0.235. The van der Waals surface area contributed by atoms with E-state index in [1.165, 1.54) is 6.20 Å². The monoisotopic (exact) mass is 408 g/mol. The van der Waals surface area contributed by atoms with Crippen LogP contribution in [-0.2, 0) is 17.5 Å². The van der Waals surface area contributed by atoms with Gasteiger partial charge in [0.05, 0.1) is 23.5 Å². The highest BCUT2D eigenvalue weighted by Crippen LogP contribution is 2.36. The van der Waals surface area contributed by atoms with E-state index < -0.39 is 23.3 Å². The Morgan fingerprint density at radius 2 is 2.00 bits per heavy atom. The second-order valence-electron chi connectivity index (χ2n) is 5.78. The molecule has 4 rings (SSSR count). The minimum absolute atomic E-state index is 0.0407. The van der Waals surface area contributed by atoms with Gasteiger partial charge in [-0.05, 0) is 24.3 Å². The Balaban J connectivity index is 1.53. The molecule has 0 aliphatic carbocycles. The molecule has 3 aromatic rings. The maximum Gasteiger partial charge on any atom is 0.314 e. The predicted molar refractivity (Wildman–Crippen MR) is 95.3 cm³/mol. The van der Waals surface area contributed by atoms with Crippen molar-refractivity contribution in [3.63, 3.8) is 0 Å². The highest BCUT2D eigenvalue weighted by Gasteiger charge is 2.20. The Morgan fingerprint density at radius 1 is 1.18 bits per heavy atom. The van der Waals surface area contributed by atoms with Gasteiger partial charge in [0.1, 0.15) is 11.0 Å². The Hall–Kier alpha value is -3.08. The number of aromatic nitrogens is 3. The molecule has 146 valence electrons. The van der Waals surface area contributed by atoms with Crippen LogP contribution in [0.1, 0.15) is 18.0 Å². The van der Waals surface area contributed by atoms with Crippen LogP contribution in [0.4, 0.5) is 14.5 Å². The molecular weight excluding hydrogens is 394 g/mol. The van der Waals surface area contributed by atoms with Gasteiger partial charge in [-0.3, -0.25) is 9.29 Å². The van der Waals surface area contributed by atoms with Crippen molar-refractivity contribution in [3.05, 3.63) is 48.1 Å². The number of fused-ring (bicyclic) bond motifs is 1. The Kier molecular flexibility index (Phi) is 4.90. The fourth-order valence-corrected chi connectivity index (χ4v) is 3.33. The van der Waals surface area contributed by atoms with E-state index in [2.05, 4.69) is 15.2 Å². The van der Waals surface area contributed by atoms with Crippen molar-refractivity contribution in [2.45, 2.75) is 13.0 Å². The molecule has 0 saturated carbocycles. The summed E-state index contributed by atoms with van der Waals surface area (Å²) in [5.41, 5.74) is 1.72. The van der Waals surface area contributed by atoms with E-state index in [1.807, 2.05) is 0 Å². The molecule has 1 aromatic carbocycles. The molecule has 0 spiro atoms. The number of alkyl halides is 2. The first-order valence-corrected chi connectivity index (χ1v) is 9.60. The number of halogens is 2. The summed E-state index contributed by atoms with van der Waals surface area (Å²) in [4.78, 5) is 4.28. The number of ether oxygens (including phenoxy) is 2. The van der Waals surface area contributed by atoms with Crippen molar-refractivity contribution in [1.29, 1.82) is 0 Å². The molecule has 1 aliphatic rings. The Labute approximate surface area is 160 Å². The smallest absolute Gasteiger partial charge is 0.314 e. The van der Waals surface area contributed by atoms with Crippen LogP contribution in [0.2, 0.25) is 0 Å². The third kappa shape index (κ3) is 3.65. The lowest BCUT2D eigenvalue weighted by Crippen LogP contribution is -2.24. The molecule has 0 amide bonds. The molecule has 2 aromatic heterocycles. The standard InChI is InChI=1S/C17H14F2N4O4S/c1-28(24)23(12-4-5-13-14(6-12)26-9-25-13)8-11-3-2-10(7-20-11)16-21-22-17(27-16)15(18)19/h2-7,15H,8-9H2,1H3. The maximum absolute atomic E-state index is 12.6. The van der Waals surface area contributed by atoms with Gasteiger partial charge in [-0.25, -0.2) is 4.21 Å². The van der Waals surface area contributed by atoms with Crippen molar-refractivity contribution < 1.29 is 26.9 Å². The van der Waals surface area contributed by atoms with Crippen LogP contribution in [0.15, 0.2) is 40.9 Å². The van der Waals surface area contributed by atoms with Gasteiger partial charge in [0.25, 0.3) is 5.89 Å². The van der Waals surface area contributed by atoms with E-state index in [-0.39, 0.29) is 19.2 Å². The third-order valence-corrected chi connectivity index (χ3v) is 4.92. The lowest BCUT2D eigenvalue weighted by atomic mass is 10.2. The summed E-state index contributed by atoms with van der Waals surface area (Å²) in [5.74, 6) is 0.439.